The average molecular weight is 230 g/mol. The Labute approximate surface area is 105 Å². The first-order valence-corrected chi connectivity index (χ1v) is 6.45. The topological polar surface area (TPSA) is 35.8 Å². The van der Waals surface area contributed by atoms with Crippen LogP contribution in [0.4, 0.5) is 0 Å². The van der Waals surface area contributed by atoms with Crippen LogP contribution in [0.3, 0.4) is 0 Å². The van der Waals surface area contributed by atoms with Gasteiger partial charge in [0, 0.05) is 6.04 Å². The molecule has 1 aromatic carbocycles. The van der Waals surface area contributed by atoms with Crippen LogP contribution in [-0.2, 0) is 0 Å². The molecule has 2 heteroatoms. The average Bonchev–Trinajstić information content (AvgIpc) is 2.39. The van der Waals surface area contributed by atoms with Crippen molar-refractivity contribution in [2.75, 3.05) is 6.54 Å². The highest BCUT2D eigenvalue weighted by Crippen LogP contribution is 2.16. The molecule has 1 N–H and O–H groups in total. The van der Waals surface area contributed by atoms with Gasteiger partial charge in [0.2, 0.25) is 0 Å². The molecule has 0 heterocycles. The Morgan fingerprint density at radius 1 is 1.18 bits per heavy atom. The molecule has 2 nitrogen and oxygen atoms in total. The van der Waals surface area contributed by atoms with Crippen LogP contribution in [0.1, 0.15) is 37.7 Å². The largest absolute Gasteiger partial charge is 0.302 e. The van der Waals surface area contributed by atoms with Crippen LogP contribution in [0.2, 0.25) is 0 Å². The van der Waals surface area contributed by atoms with E-state index in [9.17, 15) is 0 Å². The lowest BCUT2D eigenvalue weighted by atomic mass is 9.96. The van der Waals surface area contributed by atoms with E-state index in [2.05, 4.69) is 30.4 Å². The van der Waals surface area contributed by atoms with Gasteiger partial charge >= 0.3 is 0 Å². The predicted octanol–water partition coefficient (Wildman–Crippen LogP) is 3.43. The second kappa shape index (κ2) is 8.78. The molecule has 0 spiro atoms. The fourth-order valence-electron chi connectivity index (χ4n) is 2.03. The molecule has 1 fully saturated rings. The van der Waals surface area contributed by atoms with E-state index in [1.807, 2.05) is 18.2 Å². The molecule has 1 aromatic rings. The third-order valence-electron chi connectivity index (χ3n) is 3.02. The first-order valence-electron chi connectivity index (χ1n) is 6.45. The van der Waals surface area contributed by atoms with Crippen molar-refractivity contribution in [3.05, 3.63) is 35.9 Å². The molecule has 0 saturated heterocycles. The molecule has 0 bridgehead atoms. The predicted molar refractivity (Wildman–Crippen MR) is 71.7 cm³/mol. The van der Waals surface area contributed by atoms with Crippen LogP contribution < -0.4 is 5.32 Å². The minimum atomic E-state index is 0.519. The molecule has 0 aromatic heterocycles. The molecule has 1 saturated carbocycles. The summed E-state index contributed by atoms with van der Waals surface area (Å²) in [6.07, 6.45) is 6.58. The van der Waals surface area contributed by atoms with E-state index in [1.165, 1.54) is 37.7 Å². The number of hydrogen-bond acceptors (Lipinski definition) is 2. The highest BCUT2D eigenvalue weighted by molar-refractivity contribution is 5.11. The van der Waals surface area contributed by atoms with Crippen molar-refractivity contribution in [1.82, 2.24) is 5.32 Å². The molecule has 0 unspecified atom stereocenters. The van der Waals surface area contributed by atoms with Gasteiger partial charge in [0.05, 0.1) is 12.6 Å². The van der Waals surface area contributed by atoms with Gasteiger partial charge in [-0.15, -0.1) is 0 Å². The summed E-state index contributed by atoms with van der Waals surface area (Å²) in [4.78, 5) is 0. The second-order valence-electron chi connectivity index (χ2n) is 4.53. The maximum Gasteiger partial charge on any atom is 0.0843 e. The van der Waals surface area contributed by atoms with Gasteiger partial charge in [-0.2, -0.15) is 5.26 Å². The van der Waals surface area contributed by atoms with Gasteiger partial charge in [0.1, 0.15) is 0 Å². The van der Waals surface area contributed by atoms with Crippen LogP contribution in [0.25, 0.3) is 0 Å². The number of aryl methyl sites for hydroxylation is 1. The Kier molecular flexibility index (Phi) is 7.09. The fourth-order valence-corrected chi connectivity index (χ4v) is 2.03. The Morgan fingerprint density at radius 3 is 2.29 bits per heavy atom. The van der Waals surface area contributed by atoms with Crippen LogP contribution in [0.15, 0.2) is 30.3 Å². The first kappa shape index (κ1) is 13.7. The van der Waals surface area contributed by atoms with E-state index in [1.54, 1.807) is 0 Å². The zero-order valence-corrected chi connectivity index (χ0v) is 10.7. The Morgan fingerprint density at radius 2 is 1.82 bits per heavy atom. The minimum absolute atomic E-state index is 0.519. The molecular formula is C15H22N2. The summed E-state index contributed by atoms with van der Waals surface area (Å²) >= 11 is 0. The van der Waals surface area contributed by atoms with Crippen molar-refractivity contribution < 1.29 is 0 Å². The van der Waals surface area contributed by atoms with Crippen molar-refractivity contribution in [3.63, 3.8) is 0 Å². The maximum absolute atomic E-state index is 8.28. The molecular weight excluding hydrogens is 208 g/mol. The van der Waals surface area contributed by atoms with E-state index in [4.69, 9.17) is 5.26 Å². The summed E-state index contributed by atoms with van der Waals surface area (Å²) in [5.41, 5.74) is 1.32. The van der Waals surface area contributed by atoms with Gasteiger partial charge in [0.15, 0.2) is 0 Å². The number of nitrogens with zero attached hydrogens (tertiary/aromatic N) is 1. The quantitative estimate of drug-likeness (QED) is 0.790. The van der Waals surface area contributed by atoms with Crippen molar-refractivity contribution in [1.29, 1.82) is 5.26 Å². The lowest BCUT2D eigenvalue weighted by Crippen LogP contribution is -2.31. The lowest BCUT2D eigenvalue weighted by molar-refractivity contribution is 0.386. The maximum atomic E-state index is 8.28. The van der Waals surface area contributed by atoms with Crippen LogP contribution in [0, 0.1) is 18.3 Å². The molecule has 1 aliphatic rings. The Hall–Kier alpha value is -1.33. The first-order chi connectivity index (χ1) is 8.33. The fraction of sp³-hybridized carbons (Fsp3) is 0.533. The SMILES string of the molecule is Cc1ccccc1.N#CCNC1CCCCC1. The molecule has 0 amide bonds. The number of hydrogen-bond donors (Lipinski definition) is 1. The molecule has 0 aliphatic heterocycles. The molecule has 1 aliphatic carbocycles. The number of rotatable bonds is 2. The third-order valence-corrected chi connectivity index (χ3v) is 3.02. The number of benzene rings is 1. The van der Waals surface area contributed by atoms with E-state index >= 15 is 0 Å². The van der Waals surface area contributed by atoms with Crippen molar-refractivity contribution in [2.24, 2.45) is 0 Å². The van der Waals surface area contributed by atoms with Gasteiger partial charge in [-0.05, 0) is 19.8 Å². The molecule has 17 heavy (non-hydrogen) atoms. The molecule has 0 atom stereocenters. The van der Waals surface area contributed by atoms with Crippen molar-refractivity contribution in [2.45, 2.75) is 45.1 Å². The van der Waals surface area contributed by atoms with E-state index in [0.29, 0.717) is 12.6 Å². The summed E-state index contributed by atoms with van der Waals surface area (Å²) in [7, 11) is 0. The van der Waals surface area contributed by atoms with Crippen molar-refractivity contribution >= 4 is 0 Å². The highest BCUT2D eigenvalue weighted by atomic mass is 14.9. The van der Waals surface area contributed by atoms with Crippen LogP contribution in [0.5, 0.6) is 0 Å². The van der Waals surface area contributed by atoms with Gasteiger partial charge in [0.25, 0.3) is 0 Å². The highest BCUT2D eigenvalue weighted by Gasteiger charge is 2.11. The lowest BCUT2D eigenvalue weighted by Gasteiger charge is -2.21. The summed E-state index contributed by atoms with van der Waals surface area (Å²) in [5, 5.41) is 11.5. The van der Waals surface area contributed by atoms with Crippen LogP contribution in [-0.4, -0.2) is 12.6 Å². The Bertz CT molecular complexity index is 321. The van der Waals surface area contributed by atoms with Gasteiger partial charge in [-0.3, -0.25) is 0 Å². The summed E-state index contributed by atoms with van der Waals surface area (Å²) in [5.74, 6) is 0. The zero-order chi connectivity index (χ0) is 12.3. The van der Waals surface area contributed by atoms with E-state index < -0.39 is 0 Å². The van der Waals surface area contributed by atoms with Gasteiger partial charge in [-0.1, -0.05) is 55.2 Å². The molecule has 92 valence electrons. The molecule has 2 rings (SSSR count). The van der Waals surface area contributed by atoms with Gasteiger partial charge < -0.3 is 5.32 Å². The van der Waals surface area contributed by atoms with Crippen molar-refractivity contribution in [3.8, 4) is 6.07 Å². The summed E-state index contributed by atoms with van der Waals surface area (Å²) in [6.45, 7) is 2.60. The zero-order valence-electron chi connectivity index (χ0n) is 10.7. The standard InChI is InChI=1S/C8H14N2.C7H8/c9-6-7-10-8-4-2-1-3-5-8;1-7-5-3-2-4-6-7/h8,10H,1-5,7H2;2-6H,1H3. The summed E-state index contributed by atoms with van der Waals surface area (Å²) in [6, 6.07) is 13.0. The van der Waals surface area contributed by atoms with Crippen LogP contribution >= 0.6 is 0 Å². The summed E-state index contributed by atoms with van der Waals surface area (Å²) < 4.78 is 0. The smallest absolute Gasteiger partial charge is 0.0843 e. The second-order valence-corrected chi connectivity index (χ2v) is 4.53. The van der Waals surface area contributed by atoms with E-state index in [0.717, 1.165) is 0 Å². The number of nitriles is 1. The number of nitrogens with one attached hydrogen (secondary N) is 1. The minimum Gasteiger partial charge on any atom is -0.302 e. The Balaban J connectivity index is 0.000000181. The normalized spacial score (nSPS) is 15.5. The monoisotopic (exact) mass is 230 g/mol. The molecule has 0 radical (unpaired) electrons. The van der Waals surface area contributed by atoms with Gasteiger partial charge in [-0.25, -0.2) is 0 Å². The third kappa shape index (κ3) is 6.76. The van der Waals surface area contributed by atoms with E-state index in [-0.39, 0.29) is 0 Å².